The second-order valence-corrected chi connectivity index (χ2v) is 7.32. The number of hydrogen-bond donors (Lipinski definition) is 1. The van der Waals surface area contributed by atoms with Gasteiger partial charge in [0.25, 0.3) is 0 Å². The average molecular weight is 309 g/mol. The fourth-order valence-corrected chi connectivity index (χ4v) is 4.24. The summed E-state index contributed by atoms with van der Waals surface area (Å²) < 4.78 is 0. The van der Waals surface area contributed by atoms with Gasteiger partial charge in [-0.25, -0.2) is 0 Å². The summed E-state index contributed by atoms with van der Waals surface area (Å²) in [5.41, 5.74) is 0. The largest absolute Gasteiger partial charge is 0.360 e. The molecular weight excluding hydrogens is 282 g/mol. The molecule has 0 radical (unpaired) electrons. The maximum atomic E-state index is 4.29. The van der Waals surface area contributed by atoms with Gasteiger partial charge in [-0.2, -0.15) is 0 Å². The first-order valence-corrected chi connectivity index (χ1v) is 9.16. The van der Waals surface area contributed by atoms with Crippen molar-refractivity contribution in [2.75, 3.05) is 44.6 Å². The van der Waals surface area contributed by atoms with Gasteiger partial charge >= 0.3 is 0 Å². The molecule has 0 aromatic carbocycles. The summed E-state index contributed by atoms with van der Waals surface area (Å²) >= 11 is 1.69. The van der Waals surface area contributed by atoms with Crippen molar-refractivity contribution < 1.29 is 0 Å². The van der Waals surface area contributed by atoms with E-state index in [-0.39, 0.29) is 0 Å². The monoisotopic (exact) mass is 309 g/mol. The average Bonchev–Trinajstić information content (AvgIpc) is 3.14. The Hall–Kier alpha value is -0.720. The zero-order valence-electron chi connectivity index (χ0n) is 13.1. The van der Waals surface area contributed by atoms with Crippen molar-refractivity contribution in [1.29, 1.82) is 0 Å². The highest BCUT2D eigenvalue weighted by molar-refractivity contribution is 7.15. The third-order valence-corrected chi connectivity index (χ3v) is 5.44. The zero-order chi connectivity index (χ0) is 14.5. The molecular formula is C15H27N5S. The lowest BCUT2D eigenvalue weighted by Crippen LogP contribution is -2.37. The van der Waals surface area contributed by atoms with E-state index in [2.05, 4.69) is 32.2 Å². The van der Waals surface area contributed by atoms with Crippen LogP contribution in [0.25, 0.3) is 0 Å². The van der Waals surface area contributed by atoms with E-state index in [1.807, 2.05) is 0 Å². The Labute approximate surface area is 131 Å². The lowest BCUT2D eigenvalue weighted by Gasteiger charge is -2.33. The molecule has 0 atom stereocenters. The molecule has 2 fully saturated rings. The van der Waals surface area contributed by atoms with E-state index in [1.165, 1.54) is 58.4 Å². The molecule has 0 spiro atoms. The van der Waals surface area contributed by atoms with Crippen LogP contribution in [0.2, 0.25) is 0 Å². The second kappa shape index (κ2) is 7.51. The molecule has 2 aliphatic heterocycles. The number of hydrogen-bond acceptors (Lipinski definition) is 6. The molecule has 5 nitrogen and oxygen atoms in total. The Morgan fingerprint density at radius 1 is 1.10 bits per heavy atom. The minimum Gasteiger partial charge on any atom is -0.360 e. The molecule has 2 aliphatic rings. The fourth-order valence-electron chi connectivity index (χ4n) is 3.39. The van der Waals surface area contributed by atoms with Gasteiger partial charge in [-0.3, -0.25) is 4.90 Å². The summed E-state index contributed by atoms with van der Waals surface area (Å²) in [5, 5.41) is 13.8. The maximum Gasteiger partial charge on any atom is 0.205 e. The fraction of sp³-hybridized carbons (Fsp3) is 0.867. The van der Waals surface area contributed by atoms with E-state index < -0.39 is 0 Å². The third-order valence-electron chi connectivity index (χ3n) is 4.58. The van der Waals surface area contributed by atoms with Crippen molar-refractivity contribution in [3.05, 3.63) is 5.01 Å². The van der Waals surface area contributed by atoms with E-state index in [0.29, 0.717) is 0 Å². The third kappa shape index (κ3) is 4.37. The Morgan fingerprint density at radius 3 is 2.57 bits per heavy atom. The molecule has 1 N–H and O–H groups in total. The molecule has 1 aromatic rings. The van der Waals surface area contributed by atoms with Crippen molar-refractivity contribution in [3.8, 4) is 0 Å². The van der Waals surface area contributed by atoms with Crippen LogP contribution in [-0.2, 0) is 6.54 Å². The first-order chi connectivity index (χ1) is 10.3. The summed E-state index contributed by atoms with van der Waals surface area (Å²) in [6, 6.07) is 0. The number of piperidine rings is 1. The molecule has 0 unspecified atom stereocenters. The Morgan fingerprint density at radius 2 is 1.86 bits per heavy atom. The first kappa shape index (κ1) is 15.2. The second-order valence-electron chi connectivity index (χ2n) is 6.26. The van der Waals surface area contributed by atoms with E-state index in [1.54, 1.807) is 11.3 Å². The lowest BCUT2D eigenvalue weighted by atomic mass is 9.96. The van der Waals surface area contributed by atoms with Gasteiger partial charge in [0.2, 0.25) is 5.13 Å². The van der Waals surface area contributed by atoms with Crippen LogP contribution in [0.5, 0.6) is 0 Å². The van der Waals surface area contributed by atoms with Crippen molar-refractivity contribution in [2.24, 2.45) is 5.92 Å². The molecule has 1 aromatic heterocycles. The molecule has 0 aliphatic carbocycles. The van der Waals surface area contributed by atoms with Gasteiger partial charge < -0.3 is 10.2 Å². The van der Waals surface area contributed by atoms with Crippen LogP contribution in [-0.4, -0.2) is 59.3 Å². The van der Waals surface area contributed by atoms with Crippen molar-refractivity contribution >= 4 is 16.5 Å². The van der Waals surface area contributed by atoms with Crippen molar-refractivity contribution in [2.45, 2.75) is 39.2 Å². The van der Waals surface area contributed by atoms with E-state index in [0.717, 1.165) is 29.1 Å². The lowest BCUT2D eigenvalue weighted by molar-refractivity contribution is 0.148. The topological polar surface area (TPSA) is 44.3 Å². The van der Waals surface area contributed by atoms with Gasteiger partial charge in [-0.1, -0.05) is 11.3 Å². The van der Waals surface area contributed by atoms with Gasteiger partial charge in [0.05, 0.1) is 6.54 Å². The number of anilines is 1. The van der Waals surface area contributed by atoms with Crippen LogP contribution in [0, 0.1) is 5.92 Å². The number of nitrogens with zero attached hydrogens (tertiary/aromatic N) is 4. The summed E-state index contributed by atoms with van der Waals surface area (Å²) in [6.07, 6.45) is 5.50. The molecule has 2 saturated heterocycles. The summed E-state index contributed by atoms with van der Waals surface area (Å²) in [5.74, 6) is 0.908. The number of nitrogens with one attached hydrogen (secondary N) is 1. The highest BCUT2D eigenvalue weighted by atomic mass is 32.1. The summed E-state index contributed by atoms with van der Waals surface area (Å²) in [4.78, 5) is 5.20. The molecule has 3 rings (SSSR count). The van der Waals surface area contributed by atoms with Crippen LogP contribution in [0.3, 0.4) is 0 Å². The quantitative estimate of drug-likeness (QED) is 0.873. The van der Waals surface area contributed by atoms with Crippen LogP contribution in [0.1, 0.15) is 37.6 Å². The number of aromatic nitrogens is 2. The van der Waals surface area contributed by atoms with Crippen molar-refractivity contribution in [3.63, 3.8) is 0 Å². The van der Waals surface area contributed by atoms with Gasteiger partial charge in [0.1, 0.15) is 5.01 Å². The van der Waals surface area contributed by atoms with Crippen molar-refractivity contribution in [1.82, 2.24) is 20.0 Å². The molecule has 118 valence electrons. The first-order valence-electron chi connectivity index (χ1n) is 8.34. The Bertz CT molecular complexity index is 421. The van der Waals surface area contributed by atoms with Gasteiger partial charge in [0.15, 0.2) is 0 Å². The SMILES string of the molecule is CCNc1nnc(CN2CCC(CN3CCCC3)CC2)s1. The molecule has 6 heteroatoms. The Balaban J connectivity index is 1.40. The zero-order valence-corrected chi connectivity index (χ0v) is 13.9. The molecule has 0 saturated carbocycles. The van der Waals surface area contributed by atoms with E-state index >= 15 is 0 Å². The highest BCUT2D eigenvalue weighted by Crippen LogP contribution is 2.23. The van der Waals surface area contributed by atoms with Crippen LogP contribution in [0.4, 0.5) is 5.13 Å². The minimum atomic E-state index is 0.908. The van der Waals surface area contributed by atoms with E-state index in [4.69, 9.17) is 0 Å². The van der Waals surface area contributed by atoms with Gasteiger partial charge in [-0.05, 0) is 64.7 Å². The molecule has 21 heavy (non-hydrogen) atoms. The normalized spacial score (nSPS) is 22.0. The van der Waals surface area contributed by atoms with Crippen LogP contribution >= 0.6 is 11.3 Å². The van der Waals surface area contributed by atoms with Crippen LogP contribution in [0.15, 0.2) is 0 Å². The number of rotatable bonds is 6. The number of likely N-dealkylation sites (tertiary alicyclic amines) is 2. The predicted molar refractivity (Wildman–Crippen MR) is 87.7 cm³/mol. The van der Waals surface area contributed by atoms with E-state index in [9.17, 15) is 0 Å². The highest BCUT2D eigenvalue weighted by Gasteiger charge is 2.23. The molecule has 0 amide bonds. The standard InChI is InChI=1S/C15H27N5S/c1-2-16-15-18-17-14(21-15)12-20-9-5-13(6-10-20)11-19-7-3-4-8-19/h13H,2-12H2,1H3,(H,16,18). The smallest absolute Gasteiger partial charge is 0.205 e. The summed E-state index contributed by atoms with van der Waals surface area (Å²) in [6.45, 7) is 10.4. The molecule has 3 heterocycles. The molecule has 0 bridgehead atoms. The van der Waals surface area contributed by atoms with Crippen LogP contribution < -0.4 is 5.32 Å². The maximum absolute atomic E-state index is 4.29. The Kier molecular flexibility index (Phi) is 5.43. The van der Waals surface area contributed by atoms with Gasteiger partial charge in [0, 0.05) is 13.1 Å². The van der Waals surface area contributed by atoms with Gasteiger partial charge in [-0.15, -0.1) is 10.2 Å². The summed E-state index contributed by atoms with van der Waals surface area (Å²) in [7, 11) is 0. The minimum absolute atomic E-state index is 0.908. The predicted octanol–water partition coefficient (Wildman–Crippen LogP) is 2.28.